The zero-order chi connectivity index (χ0) is 21.4. The third kappa shape index (κ3) is 5.48. The standard InChI is InChI=1S/C22H28ClNO5/c1-6-10-29-21-17(23)12-16(13-20(21)28-5)22(25)24(7-2)14-15-8-9-18(26-3)19(11-15)27-4/h8-9,11-13H,6-7,10,14H2,1-5H3. The molecule has 2 aromatic rings. The lowest BCUT2D eigenvalue weighted by Gasteiger charge is -2.22. The number of methoxy groups -OCH3 is 3. The fraction of sp³-hybridized carbons (Fsp3) is 0.409. The molecule has 2 aromatic carbocycles. The highest BCUT2D eigenvalue weighted by Crippen LogP contribution is 2.37. The Morgan fingerprint density at radius 3 is 2.24 bits per heavy atom. The summed E-state index contributed by atoms with van der Waals surface area (Å²) >= 11 is 6.37. The molecule has 0 saturated carbocycles. The Morgan fingerprint density at radius 2 is 1.66 bits per heavy atom. The quantitative estimate of drug-likeness (QED) is 0.550. The van der Waals surface area contributed by atoms with E-state index in [0.29, 0.717) is 53.3 Å². The lowest BCUT2D eigenvalue weighted by molar-refractivity contribution is 0.0752. The van der Waals surface area contributed by atoms with Gasteiger partial charge in [0.05, 0.1) is 33.0 Å². The molecule has 0 heterocycles. The average molecular weight is 422 g/mol. The van der Waals surface area contributed by atoms with Gasteiger partial charge in [0.2, 0.25) is 0 Å². The first-order valence-corrected chi connectivity index (χ1v) is 9.87. The fourth-order valence-corrected chi connectivity index (χ4v) is 3.16. The van der Waals surface area contributed by atoms with Gasteiger partial charge in [-0.05, 0) is 43.2 Å². The average Bonchev–Trinajstić information content (AvgIpc) is 2.75. The Morgan fingerprint density at radius 1 is 0.966 bits per heavy atom. The summed E-state index contributed by atoms with van der Waals surface area (Å²) in [4.78, 5) is 14.8. The topological polar surface area (TPSA) is 57.2 Å². The first-order valence-electron chi connectivity index (χ1n) is 9.49. The zero-order valence-corrected chi connectivity index (χ0v) is 18.3. The minimum Gasteiger partial charge on any atom is -0.493 e. The molecule has 0 spiro atoms. The second-order valence-electron chi connectivity index (χ2n) is 6.35. The highest BCUT2D eigenvalue weighted by molar-refractivity contribution is 6.32. The third-order valence-corrected chi connectivity index (χ3v) is 4.70. The summed E-state index contributed by atoms with van der Waals surface area (Å²) < 4.78 is 21.7. The van der Waals surface area contributed by atoms with Gasteiger partial charge in [0, 0.05) is 18.7 Å². The molecule has 0 aliphatic rings. The predicted octanol–water partition coefficient (Wildman–Crippen LogP) is 4.82. The van der Waals surface area contributed by atoms with Gasteiger partial charge in [0.25, 0.3) is 5.91 Å². The lowest BCUT2D eigenvalue weighted by Crippen LogP contribution is -2.30. The number of rotatable bonds is 10. The van der Waals surface area contributed by atoms with Gasteiger partial charge in [-0.2, -0.15) is 0 Å². The fourth-order valence-electron chi connectivity index (χ4n) is 2.90. The SMILES string of the molecule is CCCOc1c(Cl)cc(C(=O)N(CC)Cc2ccc(OC)c(OC)c2)cc1OC. The van der Waals surface area contributed by atoms with Gasteiger partial charge in [0.15, 0.2) is 23.0 Å². The Bertz CT molecular complexity index is 840. The first kappa shape index (κ1) is 22.7. The molecule has 0 radical (unpaired) electrons. The summed E-state index contributed by atoms with van der Waals surface area (Å²) in [5.41, 5.74) is 1.37. The molecule has 0 N–H and O–H groups in total. The van der Waals surface area contributed by atoms with Crippen LogP contribution in [-0.4, -0.2) is 45.3 Å². The molecule has 158 valence electrons. The normalized spacial score (nSPS) is 10.4. The number of carbonyl (C=O) groups is 1. The molecule has 1 amide bonds. The van der Waals surface area contributed by atoms with Gasteiger partial charge in [0.1, 0.15) is 0 Å². The molecular weight excluding hydrogens is 394 g/mol. The predicted molar refractivity (Wildman–Crippen MR) is 114 cm³/mol. The Kier molecular flexibility index (Phi) is 8.46. The van der Waals surface area contributed by atoms with Crippen molar-refractivity contribution in [2.75, 3.05) is 34.5 Å². The van der Waals surface area contributed by atoms with Crippen LogP contribution in [0.2, 0.25) is 5.02 Å². The van der Waals surface area contributed by atoms with Gasteiger partial charge >= 0.3 is 0 Å². The van der Waals surface area contributed by atoms with Crippen LogP contribution < -0.4 is 18.9 Å². The van der Waals surface area contributed by atoms with E-state index in [9.17, 15) is 4.79 Å². The summed E-state index contributed by atoms with van der Waals surface area (Å²) in [7, 11) is 4.70. The molecule has 0 aromatic heterocycles. The van der Waals surface area contributed by atoms with Crippen LogP contribution in [0, 0.1) is 0 Å². The van der Waals surface area contributed by atoms with Crippen LogP contribution in [0.4, 0.5) is 0 Å². The number of halogens is 1. The highest BCUT2D eigenvalue weighted by Gasteiger charge is 2.20. The van der Waals surface area contributed by atoms with Gasteiger partial charge in [-0.3, -0.25) is 4.79 Å². The van der Waals surface area contributed by atoms with Crippen LogP contribution in [-0.2, 0) is 6.54 Å². The van der Waals surface area contributed by atoms with E-state index >= 15 is 0 Å². The van der Waals surface area contributed by atoms with Crippen molar-refractivity contribution in [1.82, 2.24) is 4.90 Å². The molecule has 6 nitrogen and oxygen atoms in total. The van der Waals surface area contributed by atoms with Crippen molar-refractivity contribution in [3.8, 4) is 23.0 Å². The second kappa shape index (κ2) is 10.8. The van der Waals surface area contributed by atoms with Gasteiger partial charge < -0.3 is 23.8 Å². The van der Waals surface area contributed by atoms with Crippen molar-refractivity contribution in [3.63, 3.8) is 0 Å². The van der Waals surface area contributed by atoms with Crippen LogP contribution in [0.1, 0.15) is 36.2 Å². The van der Waals surface area contributed by atoms with E-state index in [2.05, 4.69) is 0 Å². The van der Waals surface area contributed by atoms with Crippen molar-refractivity contribution in [3.05, 3.63) is 46.5 Å². The second-order valence-corrected chi connectivity index (χ2v) is 6.75. The summed E-state index contributed by atoms with van der Waals surface area (Å²) in [6, 6.07) is 8.88. The largest absolute Gasteiger partial charge is 0.493 e. The molecule has 0 fully saturated rings. The van der Waals surface area contributed by atoms with E-state index in [1.165, 1.54) is 7.11 Å². The number of hydrogen-bond acceptors (Lipinski definition) is 5. The van der Waals surface area contributed by atoms with Crippen LogP contribution >= 0.6 is 11.6 Å². The van der Waals surface area contributed by atoms with Crippen LogP contribution in [0.5, 0.6) is 23.0 Å². The number of amides is 1. The maximum absolute atomic E-state index is 13.1. The van der Waals surface area contributed by atoms with E-state index in [1.54, 1.807) is 31.3 Å². The molecule has 0 saturated heterocycles. The van der Waals surface area contributed by atoms with Gasteiger partial charge in [-0.15, -0.1) is 0 Å². The number of nitrogens with zero attached hydrogens (tertiary/aromatic N) is 1. The van der Waals surface area contributed by atoms with Gasteiger partial charge in [-0.25, -0.2) is 0 Å². The first-order chi connectivity index (χ1) is 14.0. The lowest BCUT2D eigenvalue weighted by atomic mass is 10.1. The molecule has 29 heavy (non-hydrogen) atoms. The van der Waals surface area contributed by atoms with Crippen molar-refractivity contribution in [2.24, 2.45) is 0 Å². The van der Waals surface area contributed by atoms with Crippen molar-refractivity contribution in [1.29, 1.82) is 0 Å². The zero-order valence-electron chi connectivity index (χ0n) is 17.6. The molecule has 0 aliphatic carbocycles. The molecule has 7 heteroatoms. The van der Waals surface area contributed by atoms with E-state index in [-0.39, 0.29) is 5.91 Å². The smallest absolute Gasteiger partial charge is 0.254 e. The summed E-state index contributed by atoms with van der Waals surface area (Å²) in [6.45, 7) is 5.40. The Labute approximate surface area is 177 Å². The minimum atomic E-state index is -0.149. The van der Waals surface area contributed by atoms with Crippen molar-refractivity contribution < 1.29 is 23.7 Å². The monoisotopic (exact) mass is 421 g/mol. The van der Waals surface area contributed by atoms with E-state index in [0.717, 1.165) is 12.0 Å². The van der Waals surface area contributed by atoms with Gasteiger partial charge in [-0.1, -0.05) is 24.6 Å². The minimum absolute atomic E-state index is 0.149. The molecule has 2 rings (SSSR count). The Balaban J connectivity index is 2.28. The maximum Gasteiger partial charge on any atom is 0.254 e. The highest BCUT2D eigenvalue weighted by atomic mass is 35.5. The van der Waals surface area contributed by atoms with E-state index < -0.39 is 0 Å². The molecule has 0 bridgehead atoms. The maximum atomic E-state index is 13.1. The third-order valence-electron chi connectivity index (χ3n) is 4.42. The molecule has 0 aliphatic heterocycles. The molecule has 0 unspecified atom stereocenters. The molecule has 0 atom stereocenters. The van der Waals surface area contributed by atoms with Crippen molar-refractivity contribution in [2.45, 2.75) is 26.8 Å². The van der Waals surface area contributed by atoms with E-state index in [4.69, 9.17) is 30.5 Å². The number of ether oxygens (including phenoxy) is 4. The van der Waals surface area contributed by atoms with Crippen LogP contribution in [0.3, 0.4) is 0 Å². The Hall–Kier alpha value is -2.60. The summed E-state index contributed by atoms with van der Waals surface area (Å²) in [5, 5.41) is 0.350. The number of carbonyl (C=O) groups excluding carboxylic acids is 1. The van der Waals surface area contributed by atoms with Crippen molar-refractivity contribution >= 4 is 17.5 Å². The van der Waals surface area contributed by atoms with Crippen LogP contribution in [0.15, 0.2) is 30.3 Å². The molecular formula is C22H28ClNO5. The van der Waals surface area contributed by atoms with Crippen LogP contribution in [0.25, 0.3) is 0 Å². The van der Waals surface area contributed by atoms with E-state index in [1.807, 2.05) is 32.0 Å². The number of benzene rings is 2. The summed E-state index contributed by atoms with van der Waals surface area (Å²) in [6.07, 6.45) is 0.842. The summed E-state index contributed by atoms with van der Waals surface area (Å²) in [5.74, 6) is 2.01. The number of hydrogen-bond donors (Lipinski definition) is 0.